The third-order valence-electron chi connectivity index (χ3n) is 2.56. The van der Waals surface area contributed by atoms with Gasteiger partial charge in [0, 0.05) is 13.1 Å². The number of piperazine rings is 1. The highest BCUT2D eigenvalue weighted by atomic mass is 32.2. The lowest BCUT2D eigenvalue weighted by Crippen LogP contribution is -2.51. The number of nitrogens with zero attached hydrogens (tertiary/aromatic N) is 1. The quantitative estimate of drug-likeness (QED) is 0.660. The molecule has 0 bridgehead atoms. The molecule has 0 radical (unpaired) electrons. The number of thioether (sulfide) groups is 1. The van der Waals surface area contributed by atoms with Crippen molar-refractivity contribution in [1.82, 2.24) is 10.2 Å². The van der Waals surface area contributed by atoms with Crippen LogP contribution in [0.4, 0.5) is 0 Å². The summed E-state index contributed by atoms with van der Waals surface area (Å²) in [7, 11) is 0. The molecule has 2 saturated heterocycles. The summed E-state index contributed by atoms with van der Waals surface area (Å²) in [4.78, 5) is 24.6. The molecule has 0 aromatic carbocycles. The molecule has 0 saturated carbocycles. The fraction of sp³-hybridized carbons (Fsp3) is 0.778. The van der Waals surface area contributed by atoms with E-state index in [2.05, 4.69) is 5.32 Å². The van der Waals surface area contributed by atoms with Gasteiger partial charge in [-0.1, -0.05) is 0 Å². The summed E-state index contributed by atoms with van der Waals surface area (Å²) in [5.74, 6) is 1.20. The Morgan fingerprint density at radius 3 is 3.07 bits per heavy atom. The van der Waals surface area contributed by atoms with Crippen molar-refractivity contribution in [3.05, 3.63) is 0 Å². The van der Waals surface area contributed by atoms with Crippen LogP contribution in [0, 0.1) is 0 Å². The van der Waals surface area contributed by atoms with Crippen LogP contribution in [0.5, 0.6) is 0 Å². The van der Waals surface area contributed by atoms with Gasteiger partial charge in [0.1, 0.15) is 0 Å². The fourth-order valence-corrected chi connectivity index (χ4v) is 3.05. The number of hydrogen-bond acceptors (Lipinski definition) is 3. The highest BCUT2D eigenvalue weighted by Crippen LogP contribution is 2.27. The molecule has 1 N–H and O–H groups in total. The van der Waals surface area contributed by atoms with Crippen molar-refractivity contribution < 1.29 is 9.59 Å². The first kappa shape index (κ1) is 9.83. The van der Waals surface area contributed by atoms with Crippen LogP contribution in [-0.4, -0.2) is 47.4 Å². The summed E-state index contributed by atoms with van der Waals surface area (Å²) >= 11 is 1.72. The number of carbonyl (C=O) groups excluding carboxylic acids is 2. The second-order valence-electron chi connectivity index (χ2n) is 3.61. The maximum absolute atomic E-state index is 11.9. The molecule has 2 aliphatic heterocycles. The van der Waals surface area contributed by atoms with E-state index in [1.807, 2.05) is 0 Å². The third kappa shape index (κ3) is 2.03. The summed E-state index contributed by atoms with van der Waals surface area (Å²) in [5, 5.41) is 2.83. The van der Waals surface area contributed by atoms with Gasteiger partial charge in [-0.25, -0.2) is 0 Å². The first-order valence-electron chi connectivity index (χ1n) is 4.94. The molecule has 5 heteroatoms. The minimum Gasteiger partial charge on any atom is -0.353 e. The van der Waals surface area contributed by atoms with Crippen molar-refractivity contribution in [3.63, 3.8) is 0 Å². The van der Waals surface area contributed by atoms with Crippen LogP contribution in [0.1, 0.15) is 12.8 Å². The molecule has 2 aliphatic rings. The second-order valence-corrected chi connectivity index (χ2v) is 4.92. The smallest absolute Gasteiger partial charge is 0.239 e. The van der Waals surface area contributed by atoms with Crippen molar-refractivity contribution in [3.8, 4) is 0 Å². The van der Waals surface area contributed by atoms with E-state index in [0.29, 0.717) is 13.1 Å². The van der Waals surface area contributed by atoms with Crippen LogP contribution in [0.15, 0.2) is 0 Å². The van der Waals surface area contributed by atoms with Crippen molar-refractivity contribution in [1.29, 1.82) is 0 Å². The van der Waals surface area contributed by atoms with Gasteiger partial charge in [0.15, 0.2) is 0 Å². The molecule has 14 heavy (non-hydrogen) atoms. The molecule has 2 rings (SSSR count). The summed E-state index contributed by atoms with van der Waals surface area (Å²) in [6.07, 6.45) is 2.10. The molecule has 0 aromatic heterocycles. The average molecular weight is 214 g/mol. The van der Waals surface area contributed by atoms with E-state index in [-0.39, 0.29) is 23.6 Å². The fourth-order valence-electron chi connectivity index (χ4n) is 1.80. The van der Waals surface area contributed by atoms with Gasteiger partial charge in [0.05, 0.1) is 11.8 Å². The maximum Gasteiger partial charge on any atom is 0.239 e. The van der Waals surface area contributed by atoms with E-state index in [1.165, 1.54) is 0 Å². The van der Waals surface area contributed by atoms with Crippen molar-refractivity contribution in [2.24, 2.45) is 0 Å². The third-order valence-corrected chi connectivity index (χ3v) is 3.92. The normalized spacial score (nSPS) is 27.6. The van der Waals surface area contributed by atoms with Gasteiger partial charge in [0.2, 0.25) is 11.8 Å². The molecule has 0 aliphatic carbocycles. The Bertz CT molecular complexity index is 251. The SMILES string of the molecule is O=C1CN(C(=O)C2CCCS2)CCN1. The van der Waals surface area contributed by atoms with Gasteiger partial charge < -0.3 is 10.2 Å². The zero-order valence-electron chi connectivity index (χ0n) is 7.99. The number of amides is 2. The molecule has 2 heterocycles. The molecule has 2 amide bonds. The zero-order valence-corrected chi connectivity index (χ0v) is 8.81. The maximum atomic E-state index is 11.9. The molecule has 0 spiro atoms. The van der Waals surface area contributed by atoms with Crippen LogP contribution >= 0.6 is 11.8 Å². The lowest BCUT2D eigenvalue weighted by atomic mass is 10.2. The Balaban J connectivity index is 1.92. The molecule has 1 unspecified atom stereocenters. The van der Waals surface area contributed by atoms with Crippen LogP contribution in [0.25, 0.3) is 0 Å². The predicted octanol–water partition coefficient (Wildman–Crippen LogP) is -0.160. The highest BCUT2D eigenvalue weighted by Gasteiger charge is 2.30. The Hall–Kier alpha value is -0.710. The molecule has 0 aromatic rings. The number of hydrogen-bond donors (Lipinski definition) is 1. The largest absolute Gasteiger partial charge is 0.353 e. The van der Waals surface area contributed by atoms with E-state index >= 15 is 0 Å². The molecule has 1 atom stereocenters. The minimum atomic E-state index is -0.0346. The van der Waals surface area contributed by atoms with Crippen LogP contribution in [0.3, 0.4) is 0 Å². The summed E-state index contributed by atoms with van der Waals surface area (Å²) < 4.78 is 0. The number of carbonyl (C=O) groups is 2. The zero-order chi connectivity index (χ0) is 9.97. The molecule has 78 valence electrons. The van der Waals surface area contributed by atoms with Gasteiger partial charge in [-0.05, 0) is 18.6 Å². The Labute approximate surface area is 87.4 Å². The Morgan fingerprint density at radius 1 is 1.57 bits per heavy atom. The molecule has 4 nitrogen and oxygen atoms in total. The average Bonchev–Trinajstić information content (AvgIpc) is 2.69. The van der Waals surface area contributed by atoms with Gasteiger partial charge in [-0.2, -0.15) is 0 Å². The molecule has 2 fully saturated rings. The minimum absolute atomic E-state index is 0.0346. The number of rotatable bonds is 1. The summed E-state index contributed by atoms with van der Waals surface area (Å²) in [6.45, 7) is 1.51. The van der Waals surface area contributed by atoms with Gasteiger partial charge in [-0.3, -0.25) is 9.59 Å². The van der Waals surface area contributed by atoms with Crippen LogP contribution < -0.4 is 5.32 Å². The highest BCUT2D eigenvalue weighted by molar-refractivity contribution is 8.00. The van der Waals surface area contributed by atoms with E-state index in [9.17, 15) is 9.59 Å². The van der Waals surface area contributed by atoms with E-state index < -0.39 is 0 Å². The topological polar surface area (TPSA) is 49.4 Å². The Morgan fingerprint density at radius 2 is 2.43 bits per heavy atom. The first-order valence-corrected chi connectivity index (χ1v) is 5.99. The van der Waals surface area contributed by atoms with Gasteiger partial charge in [-0.15, -0.1) is 11.8 Å². The number of nitrogens with one attached hydrogen (secondary N) is 1. The lowest BCUT2D eigenvalue weighted by molar-refractivity contribution is -0.137. The molecular formula is C9H14N2O2S. The lowest BCUT2D eigenvalue weighted by Gasteiger charge is -2.28. The van der Waals surface area contributed by atoms with Gasteiger partial charge in [0.25, 0.3) is 0 Å². The first-order chi connectivity index (χ1) is 6.77. The predicted molar refractivity (Wildman–Crippen MR) is 55.1 cm³/mol. The van der Waals surface area contributed by atoms with Crippen molar-refractivity contribution in [2.75, 3.05) is 25.4 Å². The summed E-state index contributed by atoms with van der Waals surface area (Å²) in [5.41, 5.74) is 0. The van der Waals surface area contributed by atoms with E-state index in [4.69, 9.17) is 0 Å². The Kier molecular flexibility index (Phi) is 2.96. The monoisotopic (exact) mass is 214 g/mol. The van der Waals surface area contributed by atoms with E-state index in [1.54, 1.807) is 16.7 Å². The van der Waals surface area contributed by atoms with Crippen molar-refractivity contribution in [2.45, 2.75) is 18.1 Å². The summed E-state index contributed by atoms with van der Waals surface area (Å²) in [6, 6.07) is 0. The van der Waals surface area contributed by atoms with E-state index in [0.717, 1.165) is 18.6 Å². The second kappa shape index (κ2) is 4.21. The molecular weight excluding hydrogens is 200 g/mol. The van der Waals surface area contributed by atoms with Gasteiger partial charge >= 0.3 is 0 Å². The van der Waals surface area contributed by atoms with Crippen LogP contribution in [-0.2, 0) is 9.59 Å². The standard InChI is InChI=1S/C9H14N2O2S/c12-8-6-11(4-3-10-8)9(13)7-2-1-5-14-7/h7H,1-6H2,(H,10,12). The van der Waals surface area contributed by atoms with Crippen LogP contribution in [0.2, 0.25) is 0 Å². The van der Waals surface area contributed by atoms with Crippen molar-refractivity contribution >= 4 is 23.6 Å².